The number of nitrogens with one attached hydrogen (secondary N) is 1. The third-order valence-corrected chi connectivity index (χ3v) is 6.78. The molecule has 6 heteroatoms. The van der Waals surface area contributed by atoms with E-state index in [1.165, 1.54) is 12.8 Å². The highest BCUT2D eigenvalue weighted by Crippen LogP contribution is 2.32. The summed E-state index contributed by atoms with van der Waals surface area (Å²) in [5.41, 5.74) is 0.816. The molecule has 4 nitrogen and oxygen atoms in total. The molecule has 118 valence electrons. The van der Waals surface area contributed by atoms with E-state index in [-0.39, 0.29) is 18.4 Å². The van der Waals surface area contributed by atoms with E-state index < -0.39 is 10.0 Å². The zero-order valence-electron chi connectivity index (χ0n) is 12.5. The maximum atomic E-state index is 12.8. The van der Waals surface area contributed by atoms with Crippen molar-refractivity contribution in [2.45, 2.75) is 55.6 Å². The minimum Gasteiger partial charge on any atom is -0.311 e. The van der Waals surface area contributed by atoms with Crippen molar-refractivity contribution >= 4 is 22.4 Å². The van der Waals surface area contributed by atoms with E-state index in [2.05, 4.69) is 5.32 Å². The Morgan fingerprint density at radius 1 is 1.14 bits per heavy atom. The Bertz CT molecular complexity index is 593. The average Bonchev–Trinajstić information content (AvgIpc) is 2.77. The summed E-state index contributed by atoms with van der Waals surface area (Å²) < 4.78 is 27.2. The first kappa shape index (κ1) is 16.7. The molecule has 1 N–H and O–H groups in total. The molecule has 2 heterocycles. The first-order chi connectivity index (χ1) is 9.48. The molecule has 2 unspecified atom stereocenters. The molecule has 3 rings (SSSR count). The highest BCUT2D eigenvalue weighted by atomic mass is 35.5. The van der Waals surface area contributed by atoms with E-state index in [1.54, 1.807) is 23.5 Å². The Morgan fingerprint density at radius 3 is 2.29 bits per heavy atom. The number of hydrogen-bond acceptors (Lipinski definition) is 3. The Hall–Kier alpha value is -0.620. The number of nitrogens with zero attached hydrogens (tertiary/aromatic N) is 1. The SMILES string of the molecule is Cc1ccccc1S(=O)(=O)N(C)C1CC2CCC(C1)N2.Cl. The van der Waals surface area contributed by atoms with Gasteiger partial charge in [-0.25, -0.2) is 8.42 Å². The molecule has 2 bridgehead atoms. The minimum atomic E-state index is -3.38. The van der Waals surface area contributed by atoms with Gasteiger partial charge >= 0.3 is 0 Å². The van der Waals surface area contributed by atoms with E-state index in [9.17, 15) is 8.42 Å². The van der Waals surface area contributed by atoms with Gasteiger partial charge in [0.1, 0.15) is 0 Å². The van der Waals surface area contributed by atoms with Crippen LogP contribution in [-0.4, -0.2) is 37.9 Å². The van der Waals surface area contributed by atoms with Gasteiger partial charge in [0, 0.05) is 25.2 Å². The number of rotatable bonds is 3. The van der Waals surface area contributed by atoms with Crippen LogP contribution in [0.2, 0.25) is 0 Å². The van der Waals surface area contributed by atoms with Crippen molar-refractivity contribution in [3.63, 3.8) is 0 Å². The fourth-order valence-electron chi connectivity index (χ4n) is 3.52. The van der Waals surface area contributed by atoms with Crippen LogP contribution in [0.5, 0.6) is 0 Å². The minimum absolute atomic E-state index is 0. The third kappa shape index (κ3) is 3.11. The van der Waals surface area contributed by atoms with Gasteiger partial charge in [0.2, 0.25) is 10.0 Å². The second kappa shape index (κ2) is 6.24. The fourth-order valence-corrected chi connectivity index (χ4v) is 5.12. The molecular formula is C15H23ClN2O2S. The molecule has 2 fully saturated rings. The zero-order valence-corrected chi connectivity index (χ0v) is 14.1. The van der Waals surface area contributed by atoms with Crippen LogP contribution in [0, 0.1) is 6.92 Å². The van der Waals surface area contributed by atoms with E-state index in [0.29, 0.717) is 17.0 Å². The second-order valence-corrected chi connectivity index (χ2v) is 8.02. The molecule has 0 amide bonds. The zero-order chi connectivity index (χ0) is 14.3. The number of aryl methyl sites for hydroxylation is 1. The summed E-state index contributed by atoms with van der Waals surface area (Å²) in [5.74, 6) is 0. The molecule has 0 aromatic heterocycles. The lowest BCUT2D eigenvalue weighted by atomic mass is 10.0. The molecule has 2 aliphatic heterocycles. The number of halogens is 1. The van der Waals surface area contributed by atoms with Gasteiger partial charge in [-0.15, -0.1) is 12.4 Å². The van der Waals surface area contributed by atoms with Crippen molar-refractivity contribution in [2.24, 2.45) is 0 Å². The van der Waals surface area contributed by atoms with Gasteiger partial charge in [0.25, 0.3) is 0 Å². The molecule has 1 aromatic carbocycles. The highest BCUT2D eigenvalue weighted by Gasteiger charge is 2.38. The molecule has 1 aromatic rings. The van der Waals surface area contributed by atoms with Gasteiger partial charge in [-0.3, -0.25) is 0 Å². The predicted octanol–water partition coefficient (Wildman–Crippen LogP) is 2.32. The second-order valence-electron chi connectivity index (χ2n) is 6.05. The molecule has 2 saturated heterocycles. The van der Waals surface area contributed by atoms with Crippen LogP contribution >= 0.6 is 12.4 Å². The van der Waals surface area contributed by atoms with Crippen molar-refractivity contribution in [2.75, 3.05) is 7.05 Å². The van der Waals surface area contributed by atoms with Gasteiger partial charge in [-0.1, -0.05) is 18.2 Å². The lowest BCUT2D eigenvalue weighted by molar-refractivity contribution is 0.251. The van der Waals surface area contributed by atoms with Crippen molar-refractivity contribution in [1.29, 1.82) is 0 Å². The number of hydrogen-bond donors (Lipinski definition) is 1. The summed E-state index contributed by atoms with van der Waals surface area (Å²) >= 11 is 0. The van der Waals surface area contributed by atoms with Gasteiger partial charge in [-0.05, 0) is 44.2 Å². The Labute approximate surface area is 133 Å². The number of sulfonamides is 1. The van der Waals surface area contributed by atoms with Crippen LogP contribution in [0.1, 0.15) is 31.2 Å². The summed E-state index contributed by atoms with van der Waals surface area (Å²) in [6.07, 6.45) is 4.22. The van der Waals surface area contributed by atoms with Crippen molar-refractivity contribution < 1.29 is 8.42 Å². The molecule has 0 radical (unpaired) electrons. The Balaban J connectivity index is 0.00000161. The van der Waals surface area contributed by atoms with Gasteiger partial charge in [0.05, 0.1) is 4.90 Å². The standard InChI is InChI=1S/C15H22N2O2S.ClH/c1-11-5-3-4-6-15(11)20(18,19)17(2)14-9-12-7-8-13(10-14)16-12;/h3-6,12-14,16H,7-10H2,1-2H3;1H. The highest BCUT2D eigenvalue weighted by molar-refractivity contribution is 7.89. The van der Waals surface area contributed by atoms with E-state index in [1.807, 2.05) is 19.1 Å². The van der Waals surface area contributed by atoms with Crippen molar-refractivity contribution in [1.82, 2.24) is 9.62 Å². The average molecular weight is 331 g/mol. The number of fused-ring (bicyclic) bond motifs is 2. The molecule has 21 heavy (non-hydrogen) atoms. The van der Waals surface area contributed by atoms with E-state index >= 15 is 0 Å². The largest absolute Gasteiger partial charge is 0.311 e. The fraction of sp³-hybridized carbons (Fsp3) is 0.600. The first-order valence-electron chi connectivity index (χ1n) is 7.28. The van der Waals surface area contributed by atoms with Crippen molar-refractivity contribution in [3.05, 3.63) is 29.8 Å². The van der Waals surface area contributed by atoms with Crippen LogP contribution < -0.4 is 5.32 Å². The smallest absolute Gasteiger partial charge is 0.243 e. The Morgan fingerprint density at radius 2 is 1.71 bits per heavy atom. The van der Waals surface area contributed by atoms with Crippen LogP contribution in [0.25, 0.3) is 0 Å². The van der Waals surface area contributed by atoms with Crippen molar-refractivity contribution in [3.8, 4) is 0 Å². The summed E-state index contributed by atoms with van der Waals surface area (Å²) in [6, 6.07) is 8.34. The quantitative estimate of drug-likeness (QED) is 0.925. The normalized spacial score (nSPS) is 28.4. The molecule has 0 spiro atoms. The third-order valence-electron chi connectivity index (χ3n) is 4.71. The topological polar surface area (TPSA) is 49.4 Å². The van der Waals surface area contributed by atoms with Crippen LogP contribution in [-0.2, 0) is 10.0 Å². The molecule has 0 saturated carbocycles. The van der Waals surface area contributed by atoms with Gasteiger partial charge in [0.15, 0.2) is 0 Å². The summed E-state index contributed by atoms with van der Waals surface area (Å²) in [6.45, 7) is 1.85. The lowest BCUT2D eigenvalue weighted by Crippen LogP contribution is -2.48. The number of piperidine rings is 1. The summed E-state index contributed by atoms with van der Waals surface area (Å²) in [7, 11) is -1.65. The lowest BCUT2D eigenvalue weighted by Gasteiger charge is -2.35. The maximum absolute atomic E-state index is 12.8. The van der Waals surface area contributed by atoms with Gasteiger partial charge in [-0.2, -0.15) is 4.31 Å². The summed E-state index contributed by atoms with van der Waals surface area (Å²) in [5, 5.41) is 3.56. The predicted molar refractivity (Wildman–Crippen MR) is 86.3 cm³/mol. The number of benzene rings is 1. The van der Waals surface area contributed by atoms with Crippen LogP contribution in [0.4, 0.5) is 0 Å². The van der Waals surface area contributed by atoms with E-state index in [4.69, 9.17) is 0 Å². The monoisotopic (exact) mass is 330 g/mol. The molecule has 2 atom stereocenters. The molecule has 2 aliphatic rings. The van der Waals surface area contributed by atoms with E-state index in [0.717, 1.165) is 18.4 Å². The van der Waals surface area contributed by atoms with Crippen LogP contribution in [0.3, 0.4) is 0 Å². The molecular weight excluding hydrogens is 308 g/mol. The van der Waals surface area contributed by atoms with Crippen LogP contribution in [0.15, 0.2) is 29.2 Å². The van der Waals surface area contributed by atoms with Gasteiger partial charge < -0.3 is 5.32 Å². The Kier molecular flexibility index (Phi) is 4.98. The molecule has 0 aliphatic carbocycles. The maximum Gasteiger partial charge on any atom is 0.243 e. The summed E-state index contributed by atoms with van der Waals surface area (Å²) in [4.78, 5) is 0.438. The first-order valence-corrected chi connectivity index (χ1v) is 8.72.